The van der Waals surface area contributed by atoms with Gasteiger partial charge in [-0.1, -0.05) is 36.4 Å². The SMILES string of the molecule is C=CCN1CCCN(C(=O)CCCc2ccccc2)CC1. The van der Waals surface area contributed by atoms with Gasteiger partial charge in [0.25, 0.3) is 0 Å². The Bertz CT molecular complexity index is 444. The summed E-state index contributed by atoms with van der Waals surface area (Å²) in [6.07, 6.45) is 5.60. The van der Waals surface area contributed by atoms with Gasteiger partial charge in [-0.2, -0.15) is 0 Å². The van der Waals surface area contributed by atoms with E-state index in [0.29, 0.717) is 12.3 Å². The van der Waals surface area contributed by atoms with Crippen LogP contribution in [0.2, 0.25) is 0 Å². The number of benzene rings is 1. The highest BCUT2D eigenvalue weighted by molar-refractivity contribution is 5.76. The molecule has 0 unspecified atom stereocenters. The maximum atomic E-state index is 12.3. The van der Waals surface area contributed by atoms with Crippen LogP contribution in [0, 0.1) is 0 Å². The molecule has 0 atom stereocenters. The second-order valence-corrected chi connectivity index (χ2v) is 5.66. The van der Waals surface area contributed by atoms with Gasteiger partial charge in [0.05, 0.1) is 0 Å². The van der Waals surface area contributed by atoms with Crippen LogP contribution in [0.5, 0.6) is 0 Å². The summed E-state index contributed by atoms with van der Waals surface area (Å²) in [6, 6.07) is 10.4. The van der Waals surface area contributed by atoms with Crippen LogP contribution < -0.4 is 0 Å². The number of rotatable bonds is 6. The van der Waals surface area contributed by atoms with E-state index in [1.807, 2.05) is 17.0 Å². The average molecular weight is 286 g/mol. The number of amides is 1. The topological polar surface area (TPSA) is 23.6 Å². The smallest absolute Gasteiger partial charge is 0.222 e. The molecule has 0 spiro atoms. The van der Waals surface area contributed by atoms with Gasteiger partial charge in [-0.05, 0) is 24.8 Å². The normalized spacial score (nSPS) is 16.5. The van der Waals surface area contributed by atoms with E-state index in [4.69, 9.17) is 0 Å². The predicted octanol–water partition coefficient (Wildman–Crippen LogP) is 2.73. The number of carbonyl (C=O) groups is 1. The van der Waals surface area contributed by atoms with E-state index in [1.165, 1.54) is 5.56 Å². The third kappa shape index (κ3) is 5.35. The van der Waals surface area contributed by atoms with Crippen molar-refractivity contribution in [3.63, 3.8) is 0 Å². The molecule has 0 aliphatic carbocycles. The highest BCUT2D eigenvalue weighted by atomic mass is 16.2. The standard InChI is InChI=1S/C18H26N2O/c1-2-12-19-13-7-14-20(16-15-19)18(21)11-6-10-17-8-4-3-5-9-17/h2-5,8-9H,1,6-7,10-16H2. The molecule has 3 heteroatoms. The maximum absolute atomic E-state index is 12.3. The van der Waals surface area contributed by atoms with E-state index in [-0.39, 0.29) is 0 Å². The first kappa shape index (κ1) is 15.8. The van der Waals surface area contributed by atoms with Gasteiger partial charge in [-0.25, -0.2) is 0 Å². The number of hydrogen-bond donors (Lipinski definition) is 0. The summed E-state index contributed by atoms with van der Waals surface area (Å²) in [5, 5.41) is 0. The molecule has 1 amide bonds. The molecule has 0 N–H and O–H groups in total. The molecular weight excluding hydrogens is 260 g/mol. The lowest BCUT2D eigenvalue weighted by molar-refractivity contribution is -0.131. The zero-order valence-electron chi connectivity index (χ0n) is 12.8. The summed E-state index contributed by atoms with van der Waals surface area (Å²) in [4.78, 5) is 16.7. The molecule has 21 heavy (non-hydrogen) atoms. The van der Waals surface area contributed by atoms with Crippen molar-refractivity contribution in [3.05, 3.63) is 48.6 Å². The molecule has 1 aromatic rings. The summed E-state index contributed by atoms with van der Waals surface area (Å²) in [5.74, 6) is 0.311. The van der Waals surface area contributed by atoms with E-state index >= 15 is 0 Å². The summed E-state index contributed by atoms with van der Waals surface area (Å²) in [6.45, 7) is 8.51. The second kappa shape index (κ2) is 8.63. The van der Waals surface area contributed by atoms with E-state index in [9.17, 15) is 4.79 Å². The Balaban J connectivity index is 1.71. The molecule has 1 aliphatic heterocycles. The van der Waals surface area contributed by atoms with Gasteiger partial charge >= 0.3 is 0 Å². The molecular formula is C18H26N2O. The maximum Gasteiger partial charge on any atom is 0.222 e. The lowest BCUT2D eigenvalue weighted by Gasteiger charge is -2.21. The van der Waals surface area contributed by atoms with Crippen molar-refractivity contribution in [2.75, 3.05) is 32.7 Å². The Morgan fingerprint density at radius 1 is 1.14 bits per heavy atom. The zero-order chi connectivity index (χ0) is 14.9. The highest BCUT2D eigenvalue weighted by Crippen LogP contribution is 2.09. The minimum atomic E-state index is 0.311. The minimum Gasteiger partial charge on any atom is -0.341 e. The number of nitrogens with zero attached hydrogens (tertiary/aromatic N) is 2. The molecule has 1 saturated heterocycles. The molecule has 0 radical (unpaired) electrons. The van der Waals surface area contributed by atoms with Gasteiger partial charge in [0.1, 0.15) is 0 Å². The fourth-order valence-electron chi connectivity index (χ4n) is 2.83. The van der Waals surface area contributed by atoms with Crippen molar-refractivity contribution in [2.45, 2.75) is 25.7 Å². The molecule has 0 saturated carbocycles. The van der Waals surface area contributed by atoms with E-state index < -0.39 is 0 Å². The van der Waals surface area contributed by atoms with E-state index in [0.717, 1.165) is 52.0 Å². The van der Waals surface area contributed by atoms with Gasteiger partial charge in [-0.15, -0.1) is 6.58 Å². The van der Waals surface area contributed by atoms with E-state index in [2.05, 4.69) is 35.7 Å². The summed E-state index contributed by atoms with van der Waals surface area (Å²) < 4.78 is 0. The van der Waals surface area contributed by atoms with Gasteiger partial charge in [0.15, 0.2) is 0 Å². The zero-order valence-corrected chi connectivity index (χ0v) is 12.8. The van der Waals surface area contributed by atoms with Crippen molar-refractivity contribution in [1.82, 2.24) is 9.80 Å². The second-order valence-electron chi connectivity index (χ2n) is 5.66. The Kier molecular flexibility index (Phi) is 6.48. The largest absolute Gasteiger partial charge is 0.341 e. The fraction of sp³-hybridized carbons (Fsp3) is 0.500. The molecule has 1 fully saturated rings. The van der Waals surface area contributed by atoms with Crippen LogP contribution >= 0.6 is 0 Å². The molecule has 1 aromatic carbocycles. The van der Waals surface area contributed by atoms with Crippen molar-refractivity contribution in [2.24, 2.45) is 0 Å². The lowest BCUT2D eigenvalue weighted by atomic mass is 10.1. The molecule has 0 aromatic heterocycles. The fourth-order valence-corrected chi connectivity index (χ4v) is 2.83. The van der Waals surface area contributed by atoms with E-state index in [1.54, 1.807) is 0 Å². The molecule has 3 nitrogen and oxygen atoms in total. The summed E-state index contributed by atoms with van der Waals surface area (Å²) in [7, 11) is 0. The quantitative estimate of drug-likeness (QED) is 0.751. The first-order valence-electron chi connectivity index (χ1n) is 7.94. The average Bonchev–Trinajstić information content (AvgIpc) is 2.74. The van der Waals surface area contributed by atoms with Crippen LogP contribution in [0.3, 0.4) is 0 Å². The van der Waals surface area contributed by atoms with Gasteiger partial charge in [0, 0.05) is 39.1 Å². The van der Waals surface area contributed by atoms with Crippen LogP contribution in [-0.2, 0) is 11.2 Å². The van der Waals surface area contributed by atoms with Crippen molar-refractivity contribution >= 4 is 5.91 Å². The third-order valence-corrected chi connectivity index (χ3v) is 4.03. The van der Waals surface area contributed by atoms with Crippen molar-refractivity contribution < 1.29 is 4.79 Å². The Hall–Kier alpha value is -1.61. The minimum absolute atomic E-state index is 0.311. The highest BCUT2D eigenvalue weighted by Gasteiger charge is 2.17. The predicted molar refractivity (Wildman–Crippen MR) is 87.2 cm³/mol. The van der Waals surface area contributed by atoms with Crippen LogP contribution in [0.4, 0.5) is 0 Å². The van der Waals surface area contributed by atoms with Crippen molar-refractivity contribution in [1.29, 1.82) is 0 Å². The van der Waals surface area contributed by atoms with Gasteiger partial charge < -0.3 is 4.90 Å². The number of hydrogen-bond acceptors (Lipinski definition) is 2. The molecule has 1 heterocycles. The molecule has 0 bridgehead atoms. The number of carbonyl (C=O) groups excluding carboxylic acids is 1. The first-order chi connectivity index (χ1) is 10.3. The van der Waals surface area contributed by atoms with Crippen LogP contribution in [0.15, 0.2) is 43.0 Å². The number of aryl methyl sites for hydroxylation is 1. The third-order valence-electron chi connectivity index (χ3n) is 4.03. The van der Waals surface area contributed by atoms with Crippen LogP contribution in [0.1, 0.15) is 24.8 Å². The van der Waals surface area contributed by atoms with Gasteiger partial charge in [0.2, 0.25) is 5.91 Å². The Morgan fingerprint density at radius 3 is 2.71 bits per heavy atom. The van der Waals surface area contributed by atoms with Crippen molar-refractivity contribution in [3.8, 4) is 0 Å². The summed E-state index contributed by atoms with van der Waals surface area (Å²) in [5.41, 5.74) is 1.32. The molecule has 2 rings (SSSR count). The molecule has 114 valence electrons. The Labute approximate surface area is 128 Å². The van der Waals surface area contributed by atoms with Crippen LogP contribution in [0.25, 0.3) is 0 Å². The van der Waals surface area contributed by atoms with Gasteiger partial charge in [-0.3, -0.25) is 9.69 Å². The molecule has 1 aliphatic rings. The summed E-state index contributed by atoms with van der Waals surface area (Å²) >= 11 is 0. The lowest BCUT2D eigenvalue weighted by Crippen LogP contribution is -2.35. The Morgan fingerprint density at radius 2 is 1.95 bits per heavy atom. The monoisotopic (exact) mass is 286 g/mol. The van der Waals surface area contributed by atoms with Crippen LogP contribution in [-0.4, -0.2) is 48.4 Å². The first-order valence-corrected chi connectivity index (χ1v) is 7.94.